The van der Waals surface area contributed by atoms with Crippen LogP contribution in [0.4, 0.5) is 0 Å². The molecule has 2 aromatic rings. The van der Waals surface area contributed by atoms with Crippen LogP contribution in [0.5, 0.6) is 0 Å². The summed E-state index contributed by atoms with van der Waals surface area (Å²) in [4.78, 5) is 0. The van der Waals surface area contributed by atoms with E-state index in [0.717, 1.165) is 5.69 Å². The molecule has 2 nitrogen and oxygen atoms in total. The van der Waals surface area contributed by atoms with Gasteiger partial charge in [-0.1, -0.05) is 38.1 Å². The molecule has 2 heteroatoms. The van der Waals surface area contributed by atoms with Crippen LogP contribution in [0.2, 0.25) is 0 Å². The molecule has 14 heavy (non-hydrogen) atoms. The zero-order valence-electron chi connectivity index (χ0n) is 8.91. The fraction of sp³-hybridized carbons (Fsp3) is 0.250. The van der Waals surface area contributed by atoms with Crippen molar-refractivity contribution >= 4 is 0 Å². The third-order valence-corrected chi connectivity index (χ3v) is 1.94. The summed E-state index contributed by atoms with van der Waals surface area (Å²) in [6, 6.07) is 10.2. The van der Waals surface area contributed by atoms with Crippen LogP contribution in [0.3, 0.4) is 0 Å². The van der Waals surface area contributed by atoms with Crippen LogP contribution in [-0.2, 0) is 0 Å². The second-order valence-electron chi connectivity index (χ2n) is 2.79. The molecule has 1 aromatic carbocycles. The lowest BCUT2D eigenvalue weighted by Gasteiger charge is -2.00. The SMILES string of the molecule is CC.Cc1ccccc1-c1ccn[nH]1. The fourth-order valence-corrected chi connectivity index (χ4v) is 1.28. The van der Waals surface area contributed by atoms with Gasteiger partial charge in [0, 0.05) is 11.8 Å². The highest BCUT2D eigenvalue weighted by Gasteiger charge is 1.99. The van der Waals surface area contributed by atoms with Crippen LogP contribution in [0.25, 0.3) is 11.3 Å². The van der Waals surface area contributed by atoms with Crippen LogP contribution < -0.4 is 0 Å². The standard InChI is InChI=1S/C10H10N2.C2H6/c1-8-4-2-3-5-9(8)10-6-7-11-12-10;1-2/h2-7H,1H3,(H,11,12);1-2H3. The Balaban J connectivity index is 0.000000461. The highest BCUT2D eigenvalue weighted by atomic mass is 15.1. The average molecular weight is 188 g/mol. The molecular formula is C12H16N2. The molecule has 0 amide bonds. The van der Waals surface area contributed by atoms with Crippen molar-refractivity contribution in [3.05, 3.63) is 42.1 Å². The summed E-state index contributed by atoms with van der Waals surface area (Å²) in [6.07, 6.45) is 1.77. The highest BCUT2D eigenvalue weighted by Crippen LogP contribution is 2.19. The Morgan fingerprint density at radius 3 is 2.36 bits per heavy atom. The molecule has 0 unspecified atom stereocenters. The van der Waals surface area contributed by atoms with Gasteiger partial charge < -0.3 is 0 Å². The van der Waals surface area contributed by atoms with Crippen molar-refractivity contribution in [2.24, 2.45) is 0 Å². The minimum Gasteiger partial charge on any atom is -0.278 e. The van der Waals surface area contributed by atoms with Crippen molar-refractivity contribution in [1.82, 2.24) is 10.2 Å². The van der Waals surface area contributed by atoms with E-state index in [0.29, 0.717) is 0 Å². The number of hydrogen-bond donors (Lipinski definition) is 1. The Morgan fingerprint density at radius 2 is 1.79 bits per heavy atom. The van der Waals surface area contributed by atoms with Gasteiger partial charge in [-0.3, -0.25) is 5.10 Å². The number of hydrogen-bond acceptors (Lipinski definition) is 1. The molecule has 1 aromatic heterocycles. The van der Waals surface area contributed by atoms with Crippen molar-refractivity contribution in [1.29, 1.82) is 0 Å². The van der Waals surface area contributed by atoms with Gasteiger partial charge in [-0.05, 0) is 18.6 Å². The van der Waals surface area contributed by atoms with Crippen molar-refractivity contribution in [2.75, 3.05) is 0 Å². The Bertz CT molecular complexity index is 364. The van der Waals surface area contributed by atoms with E-state index in [1.165, 1.54) is 11.1 Å². The van der Waals surface area contributed by atoms with E-state index in [1.54, 1.807) is 6.20 Å². The predicted octanol–water partition coefficient (Wildman–Crippen LogP) is 3.41. The summed E-state index contributed by atoms with van der Waals surface area (Å²) in [5, 5.41) is 6.86. The highest BCUT2D eigenvalue weighted by molar-refractivity contribution is 5.62. The van der Waals surface area contributed by atoms with Crippen LogP contribution in [0, 0.1) is 6.92 Å². The summed E-state index contributed by atoms with van der Waals surface area (Å²) in [5.74, 6) is 0. The van der Waals surface area contributed by atoms with E-state index in [4.69, 9.17) is 0 Å². The van der Waals surface area contributed by atoms with Gasteiger partial charge in [0.15, 0.2) is 0 Å². The van der Waals surface area contributed by atoms with Gasteiger partial charge in [0.25, 0.3) is 0 Å². The largest absolute Gasteiger partial charge is 0.278 e. The third-order valence-electron chi connectivity index (χ3n) is 1.94. The zero-order chi connectivity index (χ0) is 10.4. The number of aromatic amines is 1. The van der Waals surface area contributed by atoms with E-state index in [-0.39, 0.29) is 0 Å². The molecule has 74 valence electrons. The molecule has 0 spiro atoms. The fourth-order valence-electron chi connectivity index (χ4n) is 1.28. The van der Waals surface area contributed by atoms with Gasteiger partial charge in [0.1, 0.15) is 0 Å². The zero-order valence-corrected chi connectivity index (χ0v) is 8.91. The quantitative estimate of drug-likeness (QED) is 0.730. The average Bonchev–Trinajstić information content (AvgIpc) is 2.75. The molecule has 1 heterocycles. The summed E-state index contributed by atoms with van der Waals surface area (Å²) >= 11 is 0. The van der Waals surface area contributed by atoms with E-state index < -0.39 is 0 Å². The minimum atomic E-state index is 1.08. The smallest absolute Gasteiger partial charge is 0.0652 e. The molecule has 0 bridgehead atoms. The molecule has 0 radical (unpaired) electrons. The first kappa shape index (κ1) is 10.5. The first-order valence-corrected chi connectivity index (χ1v) is 4.93. The molecule has 0 atom stereocenters. The Hall–Kier alpha value is -1.57. The maximum Gasteiger partial charge on any atom is 0.0652 e. The van der Waals surface area contributed by atoms with Crippen LogP contribution in [0.1, 0.15) is 19.4 Å². The van der Waals surface area contributed by atoms with E-state index in [2.05, 4.69) is 29.3 Å². The second kappa shape index (κ2) is 5.22. The van der Waals surface area contributed by atoms with Crippen molar-refractivity contribution < 1.29 is 0 Å². The lowest BCUT2D eigenvalue weighted by molar-refractivity contribution is 1.09. The molecule has 0 aliphatic heterocycles. The second-order valence-corrected chi connectivity index (χ2v) is 2.79. The summed E-state index contributed by atoms with van der Waals surface area (Å²) in [6.45, 7) is 6.09. The number of aryl methyl sites for hydroxylation is 1. The van der Waals surface area contributed by atoms with Crippen molar-refractivity contribution in [2.45, 2.75) is 20.8 Å². The topological polar surface area (TPSA) is 28.7 Å². The Morgan fingerprint density at radius 1 is 1.07 bits per heavy atom. The molecular weight excluding hydrogens is 172 g/mol. The van der Waals surface area contributed by atoms with Gasteiger partial charge >= 0.3 is 0 Å². The van der Waals surface area contributed by atoms with E-state index >= 15 is 0 Å². The maximum absolute atomic E-state index is 3.91. The molecule has 0 aliphatic rings. The molecule has 0 fully saturated rings. The number of nitrogens with one attached hydrogen (secondary N) is 1. The van der Waals surface area contributed by atoms with Gasteiger partial charge in [0.05, 0.1) is 5.69 Å². The Kier molecular flexibility index (Phi) is 3.92. The summed E-state index contributed by atoms with van der Waals surface area (Å²) in [5.41, 5.74) is 3.56. The summed E-state index contributed by atoms with van der Waals surface area (Å²) in [7, 11) is 0. The monoisotopic (exact) mass is 188 g/mol. The third kappa shape index (κ3) is 2.22. The Labute approximate surface area is 85.0 Å². The van der Waals surface area contributed by atoms with Crippen molar-refractivity contribution in [3.8, 4) is 11.3 Å². The molecule has 2 rings (SSSR count). The number of H-pyrrole nitrogens is 1. The lowest BCUT2D eigenvalue weighted by atomic mass is 10.1. The maximum atomic E-state index is 3.91. The molecule has 1 N–H and O–H groups in total. The number of benzene rings is 1. The van der Waals surface area contributed by atoms with E-state index in [9.17, 15) is 0 Å². The predicted molar refractivity (Wildman–Crippen MR) is 60.1 cm³/mol. The number of nitrogens with zero attached hydrogens (tertiary/aromatic N) is 1. The lowest BCUT2D eigenvalue weighted by Crippen LogP contribution is -1.81. The normalized spacial score (nSPS) is 9.07. The molecule has 0 saturated heterocycles. The first-order chi connectivity index (χ1) is 6.88. The first-order valence-electron chi connectivity index (χ1n) is 4.93. The van der Waals surface area contributed by atoms with Gasteiger partial charge in [-0.2, -0.15) is 5.10 Å². The number of rotatable bonds is 1. The van der Waals surface area contributed by atoms with Crippen LogP contribution in [0.15, 0.2) is 36.5 Å². The van der Waals surface area contributed by atoms with E-state index in [1.807, 2.05) is 32.0 Å². The van der Waals surface area contributed by atoms with Crippen LogP contribution >= 0.6 is 0 Å². The van der Waals surface area contributed by atoms with Crippen molar-refractivity contribution in [3.63, 3.8) is 0 Å². The summed E-state index contributed by atoms with van der Waals surface area (Å²) < 4.78 is 0. The van der Waals surface area contributed by atoms with Crippen LogP contribution in [-0.4, -0.2) is 10.2 Å². The number of aromatic nitrogens is 2. The molecule has 0 aliphatic carbocycles. The van der Waals surface area contributed by atoms with Gasteiger partial charge in [-0.25, -0.2) is 0 Å². The van der Waals surface area contributed by atoms with Gasteiger partial charge in [0.2, 0.25) is 0 Å². The minimum absolute atomic E-state index is 1.08. The van der Waals surface area contributed by atoms with Gasteiger partial charge in [-0.15, -0.1) is 0 Å². The molecule has 0 saturated carbocycles.